The van der Waals surface area contributed by atoms with Crippen LogP contribution in [0.5, 0.6) is 0 Å². The van der Waals surface area contributed by atoms with E-state index < -0.39 is 0 Å². The first-order valence-corrected chi connectivity index (χ1v) is 4.56. The summed E-state index contributed by atoms with van der Waals surface area (Å²) in [5, 5.41) is 0. The lowest BCUT2D eigenvalue weighted by Crippen LogP contribution is -1.88. The third-order valence-corrected chi connectivity index (χ3v) is 2.26. The SMILES string of the molecule is C#C/C(C)=C(/C=C)c1ccccc1C. The maximum atomic E-state index is 5.38. The van der Waals surface area contributed by atoms with E-state index in [1.165, 1.54) is 5.56 Å². The van der Waals surface area contributed by atoms with Crippen LogP contribution in [0.3, 0.4) is 0 Å². The maximum Gasteiger partial charge on any atom is 0.00648 e. The minimum absolute atomic E-state index is 0.925. The quantitative estimate of drug-likeness (QED) is 0.484. The zero-order chi connectivity index (χ0) is 10.6. The first-order chi connectivity index (χ1) is 6.70. The van der Waals surface area contributed by atoms with E-state index in [0.717, 1.165) is 16.7 Å². The molecular formula is C14H14. The Kier molecular flexibility index (Phi) is 3.31. The summed E-state index contributed by atoms with van der Waals surface area (Å²) in [6.07, 6.45) is 7.20. The number of rotatable bonds is 2. The molecule has 0 aliphatic rings. The molecule has 0 atom stereocenters. The van der Waals surface area contributed by atoms with Crippen molar-refractivity contribution in [1.29, 1.82) is 0 Å². The summed E-state index contributed by atoms with van der Waals surface area (Å²) in [5.74, 6) is 2.65. The van der Waals surface area contributed by atoms with Gasteiger partial charge in [-0.05, 0) is 30.5 Å². The van der Waals surface area contributed by atoms with Crippen LogP contribution in [0.4, 0.5) is 0 Å². The van der Waals surface area contributed by atoms with Crippen molar-refractivity contribution in [3.63, 3.8) is 0 Å². The summed E-state index contributed by atoms with van der Waals surface area (Å²) in [6.45, 7) is 7.80. The normalized spacial score (nSPS) is 11.5. The van der Waals surface area contributed by atoms with Gasteiger partial charge in [0.25, 0.3) is 0 Å². The number of aryl methyl sites for hydroxylation is 1. The van der Waals surface area contributed by atoms with Crippen LogP contribution < -0.4 is 0 Å². The summed E-state index contributed by atoms with van der Waals surface area (Å²) < 4.78 is 0. The smallest absolute Gasteiger partial charge is 0.00648 e. The highest BCUT2D eigenvalue weighted by Crippen LogP contribution is 2.22. The Morgan fingerprint density at radius 1 is 1.43 bits per heavy atom. The van der Waals surface area contributed by atoms with Gasteiger partial charge in [-0.2, -0.15) is 0 Å². The molecule has 0 amide bonds. The van der Waals surface area contributed by atoms with Crippen LogP contribution in [-0.2, 0) is 0 Å². The van der Waals surface area contributed by atoms with E-state index in [1.54, 1.807) is 0 Å². The van der Waals surface area contributed by atoms with E-state index in [0.29, 0.717) is 0 Å². The molecule has 0 heteroatoms. The summed E-state index contributed by atoms with van der Waals surface area (Å²) in [6, 6.07) is 8.16. The molecule has 14 heavy (non-hydrogen) atoms. The number of hydrogen-bond acceptors (Lipinski definition) is 0. The van der Waals surface area contributed by atoms with Crippen molar-refractivity contribution in [3.05, 3.63) is 53.6 Å². The molecule has 1 rings (SSSR count). The lowest BCUT2D eigenvalue weighted by Gasteiger charge is -2.07. The molecule has 0 aliphatic heterocycles. The molecule has 0 saturated heterocycles. The van der Waals surface area contributed by atoms with Crippen molar-refractivity contribution in [2.75, 3.05) is 0 Å². The molecule has 0 unspecified atom stereocenters. The van der Waals surface area contributed by atoms with E-state index in [9.17, 15) is 0 Å². The lowest BCUT2D eigenvalue weighted by atomic mass is 9.97. The first kappa shape index (κ1) is 10.3. The monoisotopic (exact) mass is 182 g/mol. The largest absolute Gasteiger partial charge is 0.115 e. The molecule has 70 valence electrons. The zero-order valence-corrected chi connectivity index (χ0v) is 8.67. The van der Waals surface area contributed by atoms with Gasteiger partial charge < -0.3 is 0 Å². The maximum absolute atomic E-state index is 5.38. The average molecular weight is 182 g/mol. The van der Waals surface area contributed by atoms with Crippen molar-refractivity contribution in [3.8, 4) is 12.3 Å². The van der Waals surface area contributed by atoms with Crippen molar-refractivity contribution in [2.24, 2.45) is 0 Å². The second-order valence-electron chi connectivity index (χ2n) is 3.20. The molecule has 0 aromatic heterocycles. The topological polar surface area (TPSA) is 0 Å². The Morgan fingerprint density at radius 2 is 2.07 bits per heavy atom. The van der Waals surface area contributed by atoms with Crippen LogP contribution >= 0.6 is 0 Å². The van der Waals surface area contributed by atoms with Gasteiger partial charge in [0.2, 0.25) is 0 Å². The van der Waals surface area contributed by atoms with Crippen LogP contribution in [0.2, 0.25) is 0 Å². The standard InChI is InChI=1S/C14H14/c1-5-11(3)13(6-2)14-10-8-7-9-12(14)4/h1,6-10H,2H2,3-4H3/b13-11-. The number of hydrogen-bond donors (Lipinski definition) is 0. The van der Waals surface area contributed by atoms with Gasteiger partial charge in [-0.25, -0.2) is 0 Å². The van der Waals surface area contributed by atoms with Crippen molar-refractivity contribution in [2.45, 2.75) is 13.8 Å². The first-order valence-electron chi connectivity index (χ1n) is 4.56. The highest BCUT2D eigenvalue weighted by atomic mass is 14.1. The minimum atomic E-state index is 0.925. The van der Waals surface area contributed by atoms with Gasteiger partial charge in [0.15, 0.2) is 0 Å². The molecule has 0 nitrogen and oxygen atoms in total. The summed E-state index contributed by atoms with van der Waals surface area (Å²) in [7, 11) is 0. The summed E-state index contributed by atoms with van der Waals surface area (Å²) >= 11 is 0. The molecule has 0 fully saturated rings. The number of terminal acetylenes is 1. The van der Waals surface area contributed by atoms with Crippen LogP contribution in [0.25, 0.3) is 5.57 Å². The van der Waals surface area contributed by atoms with E-state index in [-0.39, 0.29) is 0 Å². The van der Waals surface area contributed by atoms with Crippen LogP contribution in [0.15, 0.2) is 42.5 Å². The minimum Gasteiger partial charge on any atom is -0.115 e. The van der Waals surface area contributed by atoms with E-state index in [2.05, 4.69) is 31.6 Å². The number of allylic oxidation sites excluding steroid dienone is 3. The summed E-state index contributed by atoms with van der Waals surface area (Å²) in [5.41, 5.74) is 4.36. The fourth-order valence-corrected chi connectivity index (χ4v) is 1.42. The Balaban J connectivity index is 3.37. The fourth-order valence-electron chi connectivity index (χ4n) is 1.42. The van der Waals surface area contributed by atoms with Gasteiger partial charge >= 0.3 is 0 Å². The number of benzene rings is 1. The molecule has 0 bridgehead atoms. The van der Waals surface area contributed by atoms with Gasteiger partial charge in [-0.15, -0.1) is 6.42 Å². The Bertz CT molecular complexity index is 414. The van der Waals surface area contributed by atoms with Crippen molar-refractivity contribution >= 4 is 5.57 Å². The Hall–Kier alpha value is -1.74. The molecule has 1 aromatic carbocycles. The zero-order valence-electron chi connectivity index (χ0n) is 8.67. The molecule has 0 saturated carbocycles. The van der Waals surface area contributed by atoms with Crippen LogP contribution in [-0.4, -0.2) is 0 Å². The predicted molar refractivity (Wildman–Crippen MR) is 62.8 cm³/mol. The molecule has 1 aromatic rings. The van der Waals surface area contributed by atoms with Crippen molar-refractivity contribution < 1.29 is 0 Å². The average Bonchev–Trinajstić information content (AvgIpc) is 2.21. The van der Waals surface area contributed by atoms with E-state index in [1.807, 2.05) is 25.1 Å². The van der Waals surface area contributed by atoms with E-state index >= 15 is 0 Å². The third kappa shape index (κ3) is 1.95. The van der Waals surface area contributed by atoms with Gasteiger partial charge in [0, 0.05) is 5.57 Å². The second-order valence-corrected chi connectivity index (χ2v) is 3.20. The fraction of sp³-hybridized carbons (Fsp3) is 0.143. The Morgan fingerprint density at radius 3 is 2.57 bits per heavy atom. The highest BCUT2D eigenvalue weighted by Gasteiger charge is 2.02. The lowest BCUT2D eigenvalue weighted by molar-refractivity contribution is 1.41. The van der Waals surface area contributed by atoms with Crippen molar-refractivity contribution in [1.82, 2.24) is 0 Å². The van der Waals surface area contributed by atoms with E-state index in [4.69, 9.17) is 6.42 Å². The molecule has 0 N–H and O–H groups in total. The third-order valence-electron chi connectivity index (χ3n) is 2.26. The second kappa shape index (κ2) is 4.48. The molecule has 0 heterocycles. The molecular weight excluding hydrogens is 168 g/mol. The van der Waals surface area contributed by atoms with Gasteiger partial charge in [-0.1, -0.05) is 42.8 Å². The van der Waals surface area contributed by atoms with Gasteiger partial charge in [0.1, 0.15) is 0 Å². The van der Waals surface area contributed by atoms with Gasteiger partial charge in [-0.3, -0.25) is 0 Å². The Labute approximate surface area is 86.0 Å². The highest BCUT2D eigenvalue weighted by molar-refractivity contribution is 5.80. The van der Waals surface area contributed by atoms with Crippen LogP contribution in [0.1, 0.15) is 18.1 Å². The molecule has 0 radical (unpaired) electrons. The molecule has 0 aliphatic carbocycles. The summed E-state index contributed by atoms with van der Waals surface area (Å²) in [4.78, 5) is 0. The van der Waals surface area contributed by atoms with Gasteiger partial charge in [0.05, 0.1) is 0 Å². The van der Waals surface area contributed by atoms with Crippen LogP contribution in [0, 0.1) is 19.3 Å². The molecule has 0 spiro atoms. The predicted octanol–water partition coefficient (Wildman–Crippen LogP) is 3.59.